The summed E-state index contributed by atoms with van der Waals surface area (Å²) in [5, 5.41) is 1.22. The SMILES string of the molecule is CON(C)C(=O)C(C)(C)CC#CCOCC#Cc1ccccc1. The molecule has 0 aliphatic heterocycles. The molecule has 0 aromatic heterocycles. The van der Waals surface area contributed by atoms with E-state index in [1.54, 1.807) is 7.05 Å². The van der Waals surface area contributed by atoms with Gasteiger partial charge < -0.3 is 4.74 Å². The van der Waals surface area contributed by atoms with Crippen LogP contribution in [0.3, 0.4) is 0 Å². The number of hydroxylamine groups is 2. The van der Waals surface area contributed by atoms with Crippen LogP contribution in [0.15, 0.2) is 30.3 Å². The number of rotatable bonds is 5. The summed E-state index contributed by atoms with van der Waals surface area (Å²) in [5.74, 6) is 11.7. The number of nitrogens with zero attached hydrogens (tertiary/aromatic N) is 1. The first-order valence-electron chi connectivity index (χ1n) is 7.37. The summed E-state index contributed by atoms with van der Waals surface area (Å²) in [4.78, 5) is 16.9. The van der Waals surface area contributed by atoms with E-state index in [0.717, 1.165) is 5.56 Å². The van der Waals surface area contributed by atoms with E-state index in [-0.39, 0.29) is 5.91 Å². The molecular formula is C19H23NO3. The summed E-state index contributed by atoms with van der Waals surface area (Å²) < 4.78 is 5.33. The Morgan fingerprint density at radius 1 is 1.13 bits per heavy atom. The molecule has 1 aromatic carbocycles. The monoisotopic (exact) mass is 313 g/mol. The van der Waals surface area contributed by atoms with Crippen molar-refractivity contribution >= 4 is 5.91 Å². The molecule has 0 atom stereocenters. The zero-order valence-corrected chi connectivity index (χ0v) is 14.2. The van der Waals surface area contributed by atoms with Crippen LogP contribution < -0.4 is 0 Å². The van der Waals surface area contributed by atoms with Gasteiger partial charge in [0, 0.05) is 19.0 Å². The molecule has 0 heterocycles. The van der Waals surface area contributed by atoms with Gasteiger partial charge in [-0.25, -0.2) is 5.06 Å². The topological polar surface area (TPSA) is 38.8 Å². The lowest BCUT2D eigenvalue weighted by Gasteiger charge is -2.25. The maximum atomic E-state index is 12.0. The van der Waals surface area contributed by atoms with E-state index in [2.05, 4.69) is 23.7 Å². The molecule has 0 radical (unpaired) electrons. The molecule has 0 spiro atoms. The third kappa shape index (κ3) is 7.02. The normalized spacial score (nSPS) is 10.1. The van der Waals surface area contributed by atoms with E-state index in [1.165, 1.54) is 12.2 Å². The van der Waals surface area contributed by atoms with Crippen molar-refractivity contribution < 1.29 is 14.4 Å². The summed E-state index contributed by atoms with van der Waals surface area (Å²) >= 11 is 0. The summed E-state index contributed by atoms with van der Waals surface area (Å²) in [5.41, 5.74) is 0.370. The summed E-state index contributed by atoms with van der Waals surface area (Å²) in [6.45, 7) is 4.31. The number of hydrogen-bond acceptors (Lipinski definition) is 3. The van der Waals surface area contributed by atoms with Crippen molar-refractivity contribution in [2.45, 2.75) is 20.3 Å². The standard InChI is InChI=1S/C19H23NO3/c1-19(2,18(21)20(3)22-4)14-8-9-15-23-16-10-13-17-11-6-5-7-12-17/h5-7,11-12H,14-16H2,1-4H3. The van der Waals surface area contributed by atoms with Gasteiger partial charge in [-0.15, -0.1) is 0 Å². The van der Waals surface area contributed by atoms with E-state index in [9.17, 15) is 4.79 Å². The lowest BCUT2D eigenvalue weighted by atomic mass is 9.88. The number of carbonyl (C=O) groups excluding carboxylic acids is 1. The zero-order chi connectivity index (χ0) is 17.1. The van der Waals surface area contributed by atoms with Crippen molar-refractivity contribution in [2.24, 2.45) is 5.41 Å². The van der Waals surface area contributed by atoms with Crippen LogP contribution in [0, 0.1) is 29.1 Å². The van der Waals surface area contributed by atoms with Crippen molar-refractivity contribution in [1.82, 2.24) is 5.06 Å². The molecule has 0 saturated carbocycles. The van der Waals surface area contributed by atoms with E-state index >= 15 is 0 Å². The fraction of sp³-hybridized carbons (Fsp3) is 0.421. The molecule has 0 saturated heterocycles. The molecule has 1 aromatic rings. The minimum Gasteiger partial charge on any atom is -0.356 e. The highest BCUT2D eigenvalue weighted by atomic mass is 16.7. The van der Waals surface area contributed by atoms with Crippen molar-refractivity contribution in [3.63, 3.8) is 0 Å². The zero-order valence-electron chi connectivity index (χ0n) is 14.2. The molecular weight excluding hydrogens is 290 g/mol. The highest BCUT2D eigenvalue weighted by Gasteiger charge is 2.29. The highest BCUT2D eigenvalue weighted by molar-refractivity contribution is 5.81. The minimum atomic E-state index is -0.592. The smallest absolute Gasteiger partial charge is 0.252 e. The van der Waals surface area contributed by atoms with Crippen LogP contribution in [-0.2, 0) is 14.4 Å². The van der Waals surface area contributed by atoms with E-state index in [0.29, 0.717) is 19.6 Å². The van der Waals surface area contributed by atoms with Crippen LogP contribution in [0.4, 0.5) is 0 Å². The summed E-state index contributed by atoms with van der Waals surface area (Å²) in [6.07, 6.45) is 0.443. The number of benzene rings is 1. The van der Waals surface area contributed by atoms with Crippen molar-refractivity contribution in [2.75, 3.05) is 27.4 Å². The molecule has 0 aliphatic carbocycles. The second kappa shape index (κ2) is 9.69. The van der Waals surface area contributed by atoms with Crippen LogP contribution >= 0.6 is 0 Å². The van der Waals surface area contributed by atoms with Crippen LogP contribution in [-0.4, -0.2) is 38.3 Å². The Morgan fingerprint density at radius 2 is 1.78 bits per heavy atom. The number of amides is 1. The predicted octanol–water partition coefficient (Wildman–Crippen LogP) is 2.49. The maximum absolute atomic E-state index is 12.0. The van der Waals surface area contributed by atoms with Gasteiger partial charge in [-0.2, -0.15) is 0 Å². The maximum Gasteiger partial charge on any atom is 0.252 e. The Hall–Kier alpha value is -2.27. The van der Waals surface area contributed by atoms with Gasteiger partial charge in [-0.1, -0.05) is 55.7 Å². The van der Waals surface area contributed by atoms with Gasteiger partial charge >= 0.3 is 0 Å². The Bertz CT molecular complexity index is 615. The molecule has 0 aliphatic rings. The molecule has 0 unspecified atom stereocenters. The Morgan fingerprint density at radius 3 is 2.43 bits per heavy atom. The average molecular weight is 313 g/mol. The fourth-order valence-corrected chi connectivity index (χ4v) is 1.73. The molecule has 4 heteroatoms. The first-order chi connectivity index (χ1) is 11.0. The number of carbonyl (C=O) groups is 1. The quantitative estimate of drug-likeness (QED) is 0.476. The summed E-state index contributed by atoms with van der Waals surface area (Å²) in [6, 6.07) is 9.74. The molecule has 0 N–H and O–H groups in total. The fourth-order valence-electron chi connectivity index (χ4n) is 1.73. The molecule has 1 amide bonds. The van der Waals surface area contributed by atoms with E-state index < -0.39 is 5.41 Å². The van der Waals surface area contributed by atoms with Crippen molar-refractivity contribution in [3.8, 4) is 23.7 Å². The van der Waals surface area contributed by atoms with E-state index in [4.69, 9.17) is 9.57 Å². The first kappa shape index (κ1) is 18.8. The van der Waals surface area contributed by atoms with Gasteiger partial charge in [-0.3, -0.25) is 9.63 Å². The Balaban J connectivity index is 2.31. The Kier molecular flexibility index (Phi) is 7.91. The molecule has 23 heavy (non-hydrogen) atoms. The molecule has 1 rings (SSSR count). The predicted molar refractivity (Wildman–Crippen MR) is 90.1 cm³/mol. The Labute approximate surface area is 138 Å². The van der Waals surface area contributed by atoms with Crippen LogP contribution in [0.2, 0.25) is 0 Å². The van der Waals surface area contributed by atoms with Gasteiger partial charge in [0.15, 0.2) is 0 Å². The average Bonchev–Trinajstić information content (AvgIpc) is 2.56. The lowest BCUT2D eigenvalue weighted by molar-refractivity contribution is -0.178. The third-order valence-corrected chi connectivity index (χ3v) is 3.15. The van der Waals surface area contributed by atoms with E-state index in [1.807, 2.05) is 44.2 Å². The van der Waals surface area contributed by atoms with Gasteiger partial charge in [0.25, 0.3) is 5.91 Å². The highest BCUT2D eigenvalue weighted by Crippen LogP contribution is 2.22. The molecule has 122 valence electrons. The van der Waals surface area contributed by atoms with Crippen LogP contribution in [0.1, 0.15) is 25.8 Å². The molecule has 0 fully saturated rings. The van der Waals surface area contributed by atoms with Gasteiger partial charge in [0.1, 0.15) is 13.2 Å². The van der Waals surface area contributed by atoms with Crippen LogP contribution in [0.5, 0.6) is 0 Å². The first-order valence-corrected chi connectivity index (χ1v) is 7.37. The van der Waals surface area contributed by atoms with Gasteiger partial charge in [0.05, 0.1) is 12.5 Å². The number of hydrogen-bond donors (Lipinski definition) is 0. The summed E-state index contributed by atoms with van der Waals surface area (Å²) in [7, 11) is 3.05. The van der Waals surface area contributed by atoms with Crippen LogP contribution in [0.25, 0.3) is 0 Å². The number of ether oxygens (including phenoxy) is 1. The third-order valence-electron chi connectivity index (χ3n) is 3.15. The second-order valence-electron chi connectivity index (χ2n) is 5.56. The molecule has 4 nitrogen and oxygen atoms in total. The van der Waals surface area contributed by atoms with Crippen molar-refractivity contribution in [3.05, 3.63) is 35.9 Å². The van der Waals surface area contributed by atoms with Gasteiger partial charge in [0.2, 0.25) is 0 Å². The van der Waals surface area contributed by atoms with Crippen molar-refractivity contribution in [1.29, 1.82) is 0 Å². The second-order valence-corrected chi connectivity index (χ2v) is 5.56. The largest absolute Gasteiger partial charge is 0.356 e. The minimum absolute atomic E-state index is 0.107. The van der Waals surface area contributed by atoms with Gasteiger partial charge in [-0.05, 0) is 12.1 Å². The molecule has 0 bridgehead atoms. The lowest BCUT2D eigenvalue weighted by Crippen LogP contribution is -2.37.